The van der Waals surface area contributed by atoms with E-state index < -0.39 is 11.1 Å². The van der Waals surface area contributed by atoms with E-state index in [0.29, 0.717) is 11.8 Å². The minimum absolute atomic E-state index is 0.0792. The van der Waals surface area contributed by atoms with Crippen LogP contribution in [0.25, 0.3) is 0 Å². The van der Waals surface area contributed by atoms with Gasteiger partial charge in [-0.15, -0.1) is 0 Å². The van der Waals surface area contributed by atoms with Crippen molar-refractivity contribution in [2.45, 2.75) is 76.8 Å². The molecule has 2 unspecified atom stereocenters. The Bertz CT molecular complexity index is 456. The average Bonchev–Trinajstić information content (AvgIpc) is 3.31. The van der Waals surface area contributed by atoms with Gasteiger partial charge in [0.05, 0.1) is 0 Å². The minimum atomic E-state index is -0.655. The summed E-state index contributed by atoms with van der Waals surface area (Å²) in [5.74, 6) is 0.934. The molecule has 3 fully saturated rings. The van der Waals surface area contributed by atoms with Crippen LogP contribution in [-0.4, -0.2) is 34.3 Å². The normalized spacial score (nSPS) is 36.8. The van der Waals surface area contributed by atoms with E-state index in [0.717, 1.165) is 51.5 Å². The lowest BCUT2D eigenvalue weighted by molar-refractivity contribution is -0.164. The van der Waals surface area contributed by atoms with Crippen molar-refractivity contribution < 1.29 is 9.59 Å². The molecule has 0 aromatic carbocycles. The Morgan fingerprint density at radius 1 is 1.10 bits per heavy atom. The molecule has 118 valence electrons. The molecule has 3 aliphatic rings. The van der Waals surface area contributed by atoms with E-state index in [1.165, 1.54) is 0 Å². The molecule has 0 spiro atoms. The molecule has 4 heteroatoms. The van der Waals surface area contributed by atoms with Gasteiger partial charge in [-0.25, -0.2) is 0 Å². The maximum Gasteiger partial charge on any atom is 0.249 e. The maximum absolute atomic E-state index is 13.1. The summed E-state index contributed by atoms with van der Waals surface area (Å²) in [5.41, 5.74) is -1.27. The van der Waals surface area contributed by atoms with Gasteiger partial charge < -0.3 is 10.2 Å². The number of unbranched alkanes of at least 4 members (excludes halogenated alkanes) is 2. The van der Waals surface area contributed by atoms with Gasteiger partial charge in [0.15, 0.2) is 0 Å². The van der Waals surface area contributed by atoms with Crippen LogP contribution in [0, 0.1) is 11.8 Å². The van der Waals surface area contributed by atoms with Crippen LogP contribution in [0.4, 0.5) is 0 Å². The van der Waals surface area contributed by atoms with E-state index in [-0.39, 0.29) is 11.8 Å². The highest BCUT2D eigenvalue weighted by Crippen LogP contribution is 2.49. The van der Waals surface area contributed by atoms with Crippen LogP contribution in [0.3, 0.4) is 0 Å². The van der Waals surface area contributed by atoms with Crippen LogP contribution in [0.5, 0.6) is 0 Å². The van der Waals surface area contributed by atoms with E-state index in [2.05, 4.69) is 12.2 Å². The number of piperazine rings is 1. The summed E-state index contributed by atoms with van der Waals surface area (Å²) in [6.45, 7) is 6.81. The second-order valence-electron chi connectivity index (χ2n) is 7.52. The van der Waals surface area contributed by atoms with Crippen molar-refractivity contribution in [2.24, 2.45) is 11.8 Å². The summed E-state index contributed by atoms with van der Waals surface area (Å²) >= 11 is 0. The average molecular weight is 292 g/mol. The maximum atomic E-state index is 13.1. The van der Waals surface area contributed by atoms with E-state index >= 15 is 0 Å². The smallest absolute Gasteiger partial charge is 0.249 e. The third-order valence-corrected chi connectivity index (χ3v) is 5.83. The summed E-state index contributed by atoms with van der Waals surface area (Å²) in [4.78, 5) is 27.9. The molecule has 2 atom stereocenters. The zero-order chi connectivity index (χ0) is 15.3. The predicted octanol–water partition coefficient (Wildman–Crippen LogP) is 2.47. The fourth-order valence-electron chi connectivity index (χ4n) is 3.87. The SMILES string of the molecule is CCCCCN1C(=O)C(C)(C2CC2)NC(=O)C1(C)C1CC1. The molecular formula is C17H28N2O2. The molecule has 0 aromatic heterocycles. The summed E-state index contributed by atoms with van der Waals surface area (Å²) in [7, 11) is 0. The van der Waals surface area contributed by atoms with E-state index in [1.54, 1.807) is 0 Å². The Morgan fingerprint density at radius 2 is 1.71 bits per heavy atom. The van der Waals surface area contributed by atoms with Crippen LogP contribution < -0.4 is 5.32 Å². The molecule has 2 amide bonds. The Kier molecular flexibility index (Phi) is 3.53. The number of nitrogens with one attached hydrogen (secondary N) is 1. The lowest BCUT2D eigenvalue weighted by Crippen LogP contribution is -2.75. The third kappa shape index (κ3) is 2.27. The summed E-state index contributed by atoms with van der Waals surface area (Å²) in [6.07, 6.45) is 7.51. The number of carbonyl (C=O) groups excluding carboxylic acids is 2. The van der Waals surface area contributed by atoms with Gasteiger partial charge in [-0.05, 0) is 57.8 Å². The topological polar surface area (TPSA) is 49.4 Å². The second-order valence-corrected chi connectivity index (χ2v) is 7.52. The number of carbonyl (C=O) groups is 2. The van der Waals surface area contributed by atoms with Gasteiger partial charge in [-0.1, -0.05) is 19.8 Å². The van der Waals surface area contributed by atoms with Crippen LogP contribution in [0.2, 0.25) is 0 Å². The van der Waals surface area contributed by atoms with Crippen molar-refractivity contribution in [1.82, 2.24) is 10.2 Å². The number of amides is 2. The Labute approximate surface area is 127 Å². The number of hydrogen-bond acceptors (Lipinski definition) is 2. The highest BCUT2D eigenvalue weighted by molar-refractivity contribution is 6.02. The van der Waals surface area contributed by atoms with Crippen molar-refractivity contribution in [3.8, 4) is 0 Å². The molecular weight excluding hydrogens is 264 g/mol. The zero-order valence-corrected chi connectivity index (χ0v) is 13.6. The molecule has 2 saturated carbocycles. The summed E-state index contributed by atoms with van der Waals surface area (Å²) in [5, 5.41) is 3.11. The first-order valence-corrected chi connectivity index (χ1v) is 8.59. The summed E-state index contributed by atoms with van der Waals surface area (Å²) < 4.78 is 0. The molecule has 1 saturated heterocycles. The van der Waals surface area contributed by atoms with Crippen molar-refractivity contribution in [3.05, 3.63) is 0 Å². The van der Waals surface area contributed by atoms with Crippen molar-refractivity contribution in [1.29, 1.82) is 0 Å². The van der Waals surface area contributed by atoms with Crippen LogP contribution in [0.1, 0.15) is 65.7 Å². The lowest BCUT2D eigenvalue weighted by atomic mass is 9.81. The van der Waals surface area contributed by atoms with Crippen LogP contribution >= 0.6 is 0 Å². The lowest BCUT2D eigenvalue weighted by Gasteiger charge is -2.51. The zero-order valence-electron chi connectivity index (χ0n) is 13.6. The molecule has 0 aromatic rings. The van der Waals surface area contributed by atoms with Gasteiger partial charge in [0.25, 0.3) is 0 Å². The first-order chi connectivity index (χ1) is 9.94. The van der Waals surface area contributed by atoms with Crippen LogP contribution in [0.15, 0.2) is 0 Å². The molecule has 1 heterocycles. The Hall–Kier alpha value is -1.06. The first kappa shape index (κ1) is 14.9. The van der Waals surface area contributed by atoms with E-state index in [9.17, 15) is 9.59 Å². The molecule has 0 bridgehead atoms. The predicted molar refractivity (Wildman–Crippen MR) is 81.6 cm³/mol. The highest BCUT2D eigenvalue weighted by Gasteiger charge is 2.62. The third-order valence-electron chi connectivity index (χ3n) is 5.83. The largest absolute Gasteiger partial charge is 0.340 e. The van der Waals surface area contributed by atoms with Gasteiger partial charge in [-0.3, -0.25) is 9.59 Å². The van der Waals surface area contributed by atoms with Gasteiger partial charge in [-0.2, -0.15) is 0 Å². The standard InChI is InChI=1S/C17H28N2O2/c1-4-5-6-11-19-15(21)16(2,12-7-8-12)18-14(20)17(19,3)13-9-10-13/h12-13H,4-11H2,1-3H3,(H,18,20). The fraction of sp³-hybridized carbons (Fsp3) is 0.882. The van der Waals surface area contributed by atoms with E-state index in [1.807, 2.05) is 18.7 Å². The first-order valence-electron chi connectivity index (χ1n) is 8.59. The minimum Gasteiger partial charge on any atom is -0.340 e. The van der Waals surface area contributed by atoms with Gasteiger partial charge in [0, 0.05) is 6.54 Å². The highest BCUT2D eigenvalue weighted by atomic mass is 16.2. The summed E-state index contributed by atoms with van der Waals surface area (Å²) in [6, 6.07) is 0. The second kappa shape index (κ2) is 4.99. The van der Waals surface area contributed by atoms with Crippen molar-refractivity contribution >= 4 is 11.8 Å². The Balaban J connectivity index is 1.87. The molecule has 2 aliphatic carbocycles. The van der Waals surface area contributed by atoms with E-state index in [4.69, 9.17) is 0 Å². The monoisotopic (exact) mass is 292 g/mol. The van der Waals surface area contributed by atoms with Crippen molar-refractivity contribution in [3.63, 3.8) is 0 Å². The molecule has 4 nitrogen and oxygen atoms in total. The quantitative estimate of drug-likeness (QED) is 0.765. The number of nitrogens with zero attached hydrogens (tertiary/aromatic N) is 1. The molecule has 1 aliphatic heterocycles. The molecule has 0 radical (unpaired) electrons. The fourth-order valence-corrected chi connectivity index (χ4v) is 3.87. The van der Waals surface area contributed by atoms with Gasteiger partial charge >= 0.3 is 0 Å². The molecule has 3 rings (SSSR count). The number of rotatable bonds is 6. The Morgan fingerprint density at radius 3 is 2.24 bits per heavy atom. The van der Waals surface area contributed by atoms with Crippen molar-refractivity contribution in [2.75, 3.05) is 6.54 Å². The van der Waals surface area contributed by atoms with Gasteiger partial charge in [0.1, 0.15) is 11.1 Å². The molecule has 1 N–H and O–H groups in total. The van der Waals surface area contributed by atoms with Crippen LogP contribution in [-0.2, 0) is 9.59 Å². The number of hydrogen-bond donors (Lipinski definition) is 1. The van der Waals surface area contributed by atoms with Gasteiger partial charge in [0.2, 0.25) is 11.8 Å². The molecule has 21 heavy (non-hydrogen) atoms.